The number of aromatic nitrogens is 3. The summed E-state index contributed by atoms with van der Waals surface area (Å²) in [6, 6.07) is 29.2. The normalized spacial score (nSPS) is 10.5. The Morgan fingerprint density at radius 2 is 1.56 bits per heavy atom. The van der Waals surface area contributed by atoms with Crippen molar-refractivity contribution in [1.29, 1.82) is 0 Å². The highest BCUT2D eigenvalue weighted by Crippen LogP contribution is 2.26. The second kappa shape index (κ2) is 11.3. The molecule has 0 aliphatic heterocycles. The molecule has 0 atom stereocenters. The third kappa shape index (κ3) is 6.11. The molecule has 9 nitrogen and oxygen atoms in total. The predicted molar refractivity (Wildman–Crippen MR) is 151 cm³/mol. The topological polar surface area (TPSA) is 110 Å². The number of pyridine rings is 1. The van der Waals surface area contributed by atoms with Gasteiger partial charge in [0.05, 0.1) is 11.4 Å². The van der Waals surface area contributed by atoms with Crippen LogP contribution < -0.4 is 20.7 Å². The molecule has 194 valence electrons. The van der Waals surface area contributed by atoms with Gasteiger partial charge in [0.2, 0.25) is 0 Å². The van der Waals surface area contributed by atoms with Crippen molar-refractivity contribution in [1.82, 2.24) is 20.1 Å². The Bertz CT molecular complexity index is 1600. The standard InChI is InChI=1S/C30H26N6O3/c1-20-8-12-23(13-9-20)36-28(19-26(35-36)21-6-4-3-5-7-21)34-30(38)33-22-10-14-24(15-11-22)39-25-16-17-32-27(18-25)29(37)31-2/h3-19H,1-2H3,(H,31,37)(H2,33,34,38). The molecule has 0 bridgehead atoms. The van der Waals surface area contributed by atoms with Gasteiger partial charge in [-0.05, 0) is 49.4 Å². The van der Waals surface area contributed by atoms with Crippen molar-refractivity contribution in [3.8, 4) is 28.4 Å². The van der Waals surface area contributed by atoms with Gasteiger partial charge in [-0.25, -0.2) is 9.48 Å². The number of anilines is 2. The molecule has 0 fully saturated rings. The lowest BCUT2D eigenvalue weighted by molar-refractivity contribution is 0.0958. The number of amides is 3. The quantitative estimate of drug-likeness (QED) is 0.243. The summed E-state index contributed by atoms with van der Waals surface area (Å²) in [6.45, 7) is 2.02. The Hall–Kier alpha value is -5.44. The molecule has 0 saturated heterocycles. The van der Waals surface area contributed by atoms with Crippen molar-refractivity contribution >= 4 is 23.4 Å². The molecule has 9 heteroatoms. The van der Waals surface area contributed by atoms with Gasteiger partial charge in [-0.3, -0.25) is 15.1 Å². The number of rotatable bonds is 7. The van der Waals surface area contributed by atoms with E-state index in [1.54, 1.807) is 41.1 Å². The molecule has 5 rings (SSSR count). The third-order valence-corrected chi connectivity index (χ3v) is 5.84. The van der Waals surface area contributed by atoms with Gasteiger partial charge in [-0.1, -0.05) is 48.0 Å². The van der Waals surface area contributed by atoms with E-state index in [9.17, 15) is 9.59 Å². The van der Waals surface area contributed by atoms with Gasteiger partial charge in [0.25, 0.3) is 5.91 Å². The van der Waals surface area contributed by atoms with Gasteiger partial charge < -0.3 is 15.4 Å². The predicted octanol–water partition coefficient (Wildman–Crippen LogP) is 6.04. The lowest BCUT2D eigenvalue weighted by Crippen LogP contribution is -2.21. The zero-order valence-corrected chi connectivity index (χ0v) is 21.4. The fourth-order valence-corrected chi connectivity index (χ4v) is 3.85. The summed E-state index contributed by atoms with van der Waals surface area (Å²) >= 11 is 0. The summed E-state index contributed by atoms with van der Waals surface area (Å²) < 4.78 is 7.54. The van der Waals surface area contributed by atoms with Crippen LogP contribution in [0.1, 0.15) is 16.1 Å². The second-order valence-corrected chi connectivity index (χ2v) is 8.69. The average molecular weight is 519 g/mol. The van der Waals surface area contributed by atoms with Crippen LogP contribution in [0.15, 0.2) is 103 Å². The number of hydrogen-bond acceptors (Lipinski definition) is 5. The molecule has 2 heterocycles. The average Bonchev–Trinajstić information content (AvgIpc) is 3.38. The summed E-state index contributed by atoms with van der Waals surface area (Å²) in [4.78, 5) is 28.8. The fourth-order valence-electron chi connectivity index (χ4n) is 3.85. The highest BCUT2D eigenvalue weighted by Gasteiger charge is 2.14. The van der Waals surface area contributed by atoms with Crippen LogP contribution in [0.25, 0.3) is 16.9 Å². The fraction of sp³-hybridized carbons (Fsp3) is 0.0667. The number of carbonyl (C=O) groups is 2. The zero-order chi connectivity index (χ0) is 27.2. The summed E-state index contributed by atoms with van der Waals surface area (Å²) in [5.41, 5.74) is 4.47. The van der Waals surface area contributed by atoms with E-state index in [1.165, 1.54) is 13.2 Å². The van der Waals surface area contributed by atoms with E-state index >= 15 is 0 Å². The van der Waals surface area contributed by atoms with Crippen LogP contribution in [0.4, 0.5) is 16.3 Å². The Labute approximate surface area is 225 Å². The molecular weight excluding hydrogens is 492 g/mol. The maximum absolute atomic E-state index is 12.9. The Morgan fingerprint density at radius 1 is 0.821 bits per heavy atom. The summed E-state index contributed by atoms with van der Waals surface area (Å²) in [5.74, 6) is 1.24. The minimum atomic E-state index is -0.416. The zero-order valence-electron chi connectivity index (χ0n) is 21.4. The van der Waals surface area contributed by atoms with Crippen LogP contribution >= 0.6 is 0 Å². The molecular formula is C30H26N6O3. The first kappa shape index (κ1) is 25.2. The van der Waals surface area contributed by atoms with Crippen molar-refractivity contribution < 1.29 is 14.3 Å². The molecule has 5 aromatic rings. The highest BCUT2D eigenvalue weighted by atomic mass is 16.5. The first-order valence-electron chi connectivity index (χ1n) is 12.2. The van der Waals surface area contributed by atoms with Gasteiger partial charge in [0.15, 0.2) is 0 Å². The largest absolute Gasteiger partial charge is 0.457 e. The van der Waals surface area contributed by atoms with Gasteiger partial charge in [0, 0.05) is 36.6 Å². The molecule has 0 saturated carbocycles. The van der Waals surface area contributed by atoms with Crippen LogP contribution in [0.5, 0.6) is 11.5 Å². The van der Waals surface area contributed by atoms with E-state index in [0.29, 0.717) is 23.0 Å². The molecule has 0 unspecified atom stereocenters. The summed E-state index contributed by atoms with van der Waals surface area (Å²) in [6.07, 6.45) is 1.50. The number of hydrogen-bond donors (Lipinski definition) is 3. The molecule has 2 aromatic heterocycles. The van der Waals surface area contributed by atoms with E-state index in [-0.39, 0.29) is 11.6 Å². The van der Waals surface area contributed by atoms with Crippen molar-refractivity contribution in [3.05, 3.63) is 115 Å². The summed E-state index contributed by atoms with van der Waals surface area (Å²) in [5, 5.41) is 13.0. The number of nitrogens with zero attached hydrogens (tertiary/aromatic N) is 3. The van der Waals surface area contributed by atoms with Crippen molar-refractivity contribution in [2.75, 3.05) is 17.7 Å². The molecule has 3 aromatic carbocycles. The number of benzene rings is 3. The van der Waals surface area contributed by atoms with Gasteiger partial charge >= 0.3 is 6.03 Å². The SMILES string of the molecule is CNC(=O)c1cc(Oc2ccc(NC(=O)Nc3cc(-c4ccccc4)nn3-c3ccc(C)cc3)cc2)ccn1. The molecule has 0 aliphatic carbocycles. The van der Waals surface area contributed by atoms with Crippen LogP contribution in [-0.2, 0) is 0 Å². The summed E-state index contributed by atoms with van der Waals surface area (Å²) in [7, 11) is 1.54. The van der Waals surface area contributed by atoms with Crippen molar-refractivity contribution in [2.45, 2.75) is 6.92 Å². The van der Waals surface area contributed by atoms with E-state index in [4.69, 9.17) is 9.84 Å². The van der Waals surface area contributed by atoms with Gasteiger partial charge in [-0.2, -0.15) is 5.10 Å². The molecule has 3 N–H and O–H groups in total. The molecule has 0 radical (unpaired) electrons. The highest BCUT2D eigenvalue weighted by molar-refractivity contribution is 5.99. The maximum atomic E-state index is 12.9. The van der Waals surface area contributed by atoms with Crippen LogP contribution in [0, 0.1) is 6.92 Å². The van der Waals surface area contributed by atoms with Crippen molar-refractivity contribution in [3.63, 3.8) is 0 Å². The van der Waals surface area contributed by atoms with Crippen molar-refractivity contribution in [2.24, 2.45) is 0 Å². The third-order valence-electron chi connectivity index (χ3n) is 5.84. The molecule has 0 spiro atoms. The van der Waals surface area contributed by atoms with Gasteiger partial charge in [-0.15, -0.1) is 0 Å². The Balaban J connectivity index is 1.30. The Morgan fingerprint density at radius 3 is 2.28 bits per heavy atom. The number of carbonyl (C=O) groups excluding carboxylic acids is 2. The molecule has 39 heavy (non-hydrogen) atoms. The van der Waals surface area contributed by atoms with E-state index in [2.05, 4.69) is 20.9 Å². The number of urea groups is 1. The van der Waals surface area contributed by atoms with E-state index < -0.39 is 6.03 Å². The van der Waals surface area contributed by atoms with E-state index in [1.807, 2.05) is 67.6 Å². The van der Waals surface area contributed by atoms with Crippen LogP contribution in [-0.4, -0.2) is 33.8 Å². The Kier molecular flexibility index (Phi) is 7.31. The van der Waals surface area contributed by atoms with E-state index in [0.717, 1.165) is 22.5 Å². The lowest BCUT2D eigenvalue weighted by atomic mass is 10.2. The monoisotopic (exact) mass is 518 g/mol. The minimum Gasteiger partial charge on any atom is -0.457 e. The van der Waals surface area contributed by atoms with Crippen LogP contribution in [0.2, 0.25) is 0 Å². The van der Waals surface area contributed by atoms with Crippen LogP contribution in [0.3, 0.4) is 0 Å². The number of ether oxygens (including phenoxy) is 1. The smallest absolute Gasteiger partial charge is 0.324 e. The maximum Gasteiger partial charge on any atom is 0.324 e. The molecule has 3 amide bonds. The number of nitrogens with one attached hydrogen (secondary N) is 3. The first-order chi connectivity index (χ1) is 19.0. The second-order valence-electron chi connectivity index (χ2n) is 8.69. The molecule has 0 aliphatic rings. The lowest BCUT2D eigenvalue weighted by Gasteiger charge is -2.11. The minimum absolute atomic E-state index is 0.255. The first-order valence-corrected chi connectivity index (χ1v) is 12.2. The van der Waals surface area contributed by atoms with Gasteiger partial charge in [0.1, 0.15) is 23.0 Å². The number of aryl methyl sites for hydroxylation is 1.